The van der Waals surface area contributed by atoms with E-state index in [-0.39, 0.29) is 12.8 Å². The van der Waals surface area contributed by atoms with E-state index in [9.17, 15) is 14.7 Å². The molecule has 6 heteroatoms. The summed E-state index contributed by atoms with van der Waals surface area (Å²) in [5.41, 5.74) is 6.30. The summed E-state index contributed by atoms with van der Waals surface area (Å²) in [6.45, 7) is 0. The molecule has 0 saturated heterocycles. The van der Waals surface area contributed by atoms with Gasteiger partial charge in [0.25, 0.3) is 0 Å². The average Bonchev–Trinajstić information content (AvgIpc) is 3.43. The molecule has 4 rings (SSSR count). The topological polar surface area (TPSA) is 110 Å². The van der Waals surface area contributed by atoms with Gasteiger partial charge in [-0.25, -0.2) is 0 Å². The number of benzene rings is 1. The zero-order valence-electron chi connectivity index (χ0n) is 14.0. The Morgan fingerprint density at radius 1 is 1.27 bits per heavy atom. The fourth-order valence-electron chi connectivity index (χ4n) is 3.94. The molecule has 0 radical (unpaired) electrons. The molecule has 1 aromatic carbocycles. The first kappa shape index (κ1) is 16.6. The van der Waals surface area contributed by atoms with Crippen LogP contribution in [0.4, 0.5) is 0 Å². The molecule has 3 aliphatic rings. The van der Waals surface area contributed by atoms with Crippen molar-refractivity contribution in [1.82, 2.24) is 0 Å². The second-order valence-electron chi connectivity index (χ2n) is 7.09. The minimum atomic E-state index is -1.62. The highest BCUT2D eigenvalue weighted by Crippen LogP contribution is 2.48. The average molecular weight is 353 g/mol. The Morgan fingerprint density at radius 3 is 2.73 bits per heavy atom. The van der Waals surface area contributed by atoms with E-state index in [1.165, 1.54) is 0 Å². The standard InChI is InChI=1S/C20H19NO5/c21-20(19(24)25,16-8-15(16)18(22)23)9-11-5-3-7-14-13-6-2-1-4-12(13)10-26-17(11)14/h1-7,10,15-17H,8-9,21H2,(H,22,23)(H,24,25)/t15-,16-,17-,20?/m1/s1. The van der Waals surface area contributed by atoms with Crippen LogP contribution in [0.15, 0.2) is 48.1 Å². The molecule has 1 aliphatic heterocycles. The smallest absolute Gasteiger partial charge is 0.324 e. The largest absolute Gasteiger partial charge is 0.488 e. The van der Waals surface area contributed by atoms with Crippen molar-refractivity contribution in [2.24, 2.45) is 17.6 Å². The van der Waals surface area contributed by atoms with E-state index in [1.54, 1.807) is 6.26 Å². The molecule has 26 heavy (non-hydrogen) atoms. The van der Waals surface area contributed by atoms with Gasteiger partial charge in [0.1, 0.15) is 11.6 Å². The van der Waals surface area contributed by atoms with Crippen LogP contribution in [0, 0.1) is 11.8 Å². The van der Waals surface area contributed by atoms with Crippen LogP contribution in [0.3, 0.4) is 0 Å². The van der Waals surface area contributed by atoms with E-state index < -0.39 is 35.4 Å². The van der Waals surface area contributed by atoms with Gasteiger partial charge in [-0.2, -0.15) is 0 Å². The lowest BCUT2D eigenvalue weighted by molar-refractivity contribution is -0.145. The summed E-state index contributed by atoms with van der Waals surface area (Å²) in [5.74, 6) is -3.44. The fourth-order valence-corrected chi connectivity index (χ4v) is 3.94. The maximum Gasteiger partial charge on any atom is 0.324 e. The third-order valence-corrected chi connectivity index (χ3v) is 5.47. The van der Waals surface area contributed by atoms with Gasteiger partial charge in [0.05, 0.1) is 12.2 Å². The first-order valence-electron chi connectivity index (χ1n) is 8.49. The molecule has 0 spiro atoms. The highest BCUT2D eigenvalue weighted by Gasteiger charge is 2.58. The van der Waals surface area contributed by atoms with Gasteiger partial charge in [-0.05, 0) is 17.2 Å². The number of carboxylic acids is 2. The first-order valence-corrected chi connectivity index (χ1v) is 8.49. The minimum absolute atomic E-state index is 0.0469. The molecule has 4 N–H and O–H groups in total. The van der Waals surface area contributed by atoms with Gasteiger partial charge < -0.3 is 20.7 Å². The minimum Gasteiger partial charge on any atom is -0.488 e. The number of nitrogens with two attached hydrogens (primary N) is 1. The highest BCUT2D eigenvalue weighted by molar-refractivity contribution is 5.84. The molecule has 0 bridgehead atoms. The zero-order valence-corrected chi connectivity index (χ0v) is 14.0. The SMILES string of the molecule is NC(CC1=CC=CC2=c3ccccc3=CO[C@H]12)(C(=O)O)[C@@H]1C[C@H]1C(=O)O. The molecule has 2 aliphatic carbocycles. The van der Waals surface area contributed by atoms with Crippen LogP contribution in [0.2, 0.25) is 0 Å². The summed E-state index contributed by atoms with van der Waals surface area (Å²) < 4.78 is 5.87. The highest BCUT2D eigenvalue weighted by atomic mass is 16.5. The number of ether oxygens (including phenoxy) is 1. The van der Waals surface area contributed by atoms with Crippen LogP contribution >= 0.6 is 0 Å². The number of hydrogen-bond donors (Lipinski definition) is 3. The molecule has 134 valence electrons. The van der Waals surface area contributed by atoms with Crippen molar-refractivity contribution in [2.45, 2.75) is 24.5 Å². The van der Waals surface area contributed by atoms with Crippen LogP contribution in [0.25, 0.3) is 11.8 Å². The third-order valence-electron chi connectivity index (χ3n) is 5.47. The predicted molar refractivity (Wildman–Crippen MR) is 94.1 cm³/mol. The lowest BCUT2D eigenvalue weighted by Gasteiger charge is -2.32. The van der Waals surface area contributed by atoms with Crippen molar-refractivity contribution in [3.8, 4) is 0 Å². The second-order valence-corrected chi connectivity index (χ2v) is 7.09. The maximum atomic E-state index is 11.9. The van der Waals surface area contributed by atoms with Crippen LogP contribution in [-0.2, 0) is 14.3 Å². The van der Waals surface area contributed by atoms with E-state index in [4.69, 9.17) is 15.6 Å². The monoisotopic (exact) mass is 353 g/mol. The molecular formula is C20H19NO5. The second kappa shape index (κ2) is 5.85. The summed E-state index contributed by atoms with van der Waals surface area (Å²) in [6, 6.07) is 7.83. The van der Waals surface area contributed by atoms with Gasteiger partial charge in [-0.3, -0.25) is 9.59 Å². The van der Waals surface area contributed by atoms with Crippen molar-refractivity contribution in [3.05, 3.63) is 58.5 Å². The number of rotatable bonds is 5. The molecule has 0 amide bonds. The first-order chi connectivity index (χ1) is 12.4. The quantitative estimate of drug-likeness (QED) is 0.705. The predicted octanol–water partition coefficient (Wildman–Crippen LogP) is 0.363. The molecular weight excluding hydrogens is 334 g/mol. The maximum absolute atomic E-state index is 11.9. The third kappa shape index (κ3) is 2.54. The molecule has 1 saturated carbocycles. The summed E-state index contributed by atoms with van der Waals surface area (Å²) >= 11 is 0. The van der Waals surface area contributed by atoms with E-state index in [2.05, 4.69) is 0 Å². The van der Waals surface area contributed by atoms with E-state index in [0.29, 0.717) is 0 Å². The van der Waals surface area contributed by atoms with Crippen LogP contribution in [-0.4, -0.2) is 33.8 Å². The zero-order chi connectivity index (χ0) is 18.5. The van der Waals surface area contributed by atoms with Crippen molar-refractivity contribution >= 4 is 23.8 Å². The van der Waals surface area contributed by atoms with Crippen molar-refractivity contribution < 1.29 is 24.5 Å². The van der Waals surface area contributed by atoms with Crippen LogP contribution < -0.4 is 16.2 Å². The van der Waals surface area contributed by atoms with Crippen molar-refractivity contribution in [3.63, 3.8) is 0 Å². The van der Waals surface area contributed by atoms with Gasteiger partial charge in [0.2, 0.25) is 0 Å². The molecule has 6 nitrogen and oxygen atoms in total. The van der Waals surface area contributed by atoms with E-state index >= 15 is 0 Å². The summed E-state index contributed by atoms with van der Waals surface area (Å²) in [6.07, 6.45) is 7.24. The Balaban J connectivity index is 1.68. The molecule has 1 fully saturated rings. The number of allylic oxidation sites excluding steroid dienone is 2. The van der Waals surface area contributed by atoms with Gasteiger partial charge in [-0.1, -0.05) is 42.5 Å². The summed E-state index contributed by atoms with van der Waals surface area (Å²) in [7, 11) is 0. The molecule has 1 unspecified atom stereocenters. The summed E-state index contributed by atoms with van der Waals surface area (Å²) in [4.78, 5) is 23.1. The molecule has 1 aromatic rings. The van der Waals surface area contributed by atoms with Crippen LogP contribution in [0.5, 0.6) is 0 Å². The Labute approximate surface area is 149 Å². The van der Waals surface area contributed by atoms with Gasteiger partial charge in [0, 0.05) is 23.1 Å². The Bertz CT molecular complexity index is 976. The molecule has 1 heterocycles. The number of carboxylic acid groups (broad SMARTS) is 2. The number of hydrogen-bond acceptors (Lipinski definition) is 4. The Morgan fingerprint density at radius 2 is 2.04 bits per heavy atom. The number of fused-ring (bicyclic) bond motifs is 2. The number of carbonyl (C=O) groups is 2. The van der Waals surface area contributed by atoms with Gasteiger partial charge >= 0.3 is 11.9 Å². The van der Waals surface area contributed by atoms with Gasteiger partial charge in [0.15, 0.2) is 0 Å². The Hall–Kier alpha value is -2.86. The molecule has 0 aromatic heterocycles. The normalized spacial score (nSPS) is 27.8. The lowest BCUT2D eigenvalue weighted by atomic mass is 9.80. The lowest BCUT2D eigenvalue weighted by Crippen LogP contribution is -2.52. The van der Waals surface area contributed by atoms with Crippen molar-refractivity contribution in [1.29, 1.82) is 0 Å². The summed E-state index contributed by atoms with van der Waals surface area (Å²) in [5, 5.41) is 20.9. The fraction of sp³-hybridized carbons (Fsp3) is 0.300. The molecule has 4 atom stereocenters. The Kier molecular flexibility index (Phi) is 3.73. The van der Waals surface area contributed by atoms with E-state index in [1.807, 2.05) is 42.5 Å². The van der Waals surface area contributed by atoms with Crippen LogP contribution in [0.1, 0.15) is 12.8 Å². The van der Waals surface area contributed by atoms with Crippen molar-refractivity contribution in [2.75, 3.05) is 0 Å². The number of aliphatic carboxylic acids is 2. The van der Waals surface area contributed by atoms with Gasteiger partial charge in [-0.15, -0.1) is 0 Å². The van der Waals surface area contributed by atoms with E-state index in [0.717, 1.165) is 21.6 Å².